The molecular weight excluding hydrogens is 256 g/mol. The summed E-state index contributed by atoms with van der Waals surface area (Å²) in [6.45, 7) is 0.786. The molecule has 1 saturated carbocycles. The number of amides is 1. The van der Waals surface area contributed by atoms with Crippen LogP contribution >= 0.6 is 11.8 Å². The van der Waals surface area contributed by atoms with Gasteiger partial charge in [0.25, 0.3) is 5.91 Å². The molecule has 0 radical (unpaired) electrons. The summed E-state index contributed by atoms with van der Waals surface area (Å²) in [7, 11) is 1.58. The van der Waals surface area contributed by atoms with E-state index in [2.05, 4.69) is 15.7 Å². The van der Waals surface area contributed by atoms with E-state index in [9.17, 15) is 4.79 Å². The number of aromatic nitrogens is 3. The fourth-order valence-electron chi connectivity index (χ4n) is 1.35. The van der Waals surface area contributed by atoms with Crippen molar-refractivity contribution in [3.8, 4) is 0 Å². The minimum Gasteiger partial charge on any atom is -0.382 e. The standard InChI is InChI=1S/C10H16N4O3S/c1-16-4-5-17-13-9(15)6-18-10-12-11-7-14(10)8-2-3-8/h7-8H,2-6H2,1H3,(H,13,15). The molecule has 0 aliphatic heterocycles. The van der Waals surface area contributed by atoms with Crippen LogP contribution in [-0.2, 0) is 14.4 Å². The molecule has 1 fully saturated rings. The van der Waals surface area contributed by atoms with Gasteiger partial charge in [-0.05, 0) is 12.8 Å². The predicted molar refractivity (Wildman–Crippen MR) is 65.0 cm³/mol. The summed E-state index contributed by atoms with van der Waals surface area (Å²) in [6.07, 6.45) is 4.04. The molecule has 1 aromatic heterocycles. The van der Waals surface area contributed by atoms with Gasteiger partial charge < -0.3 is 9.30 Å². The van der Waals surface area contributed by atoms with E-state index in [-0.39, 0.29) is 11.7 Å². The minimum absolute atomic E-state index is 0.193. The molecule has 18 heavy (non-hydrogen) atoms. The first kappa shape index (κ1) is 13.3. The summed E-state index contributed by atoms with van der Waals surface area (Å²) in [5, 5.41) is 8.64. The number of nitrogens with one attached hydrogen (secondary N) is 1. The number of nitrogens with zero attached hydrogens (tertiary/aromatic N) is 3. The van der Waals surface area contributed by atoms with E-state index in [1.165, 1.54) is 11.8 Å². The molecule has 0 bridgehead atoms. The van der Waals surface area contributed by atoms with Crippen LogP contribution in [0.25, 0.3) is 0 Å². The van der Waals surface area contributed by atoms with Crippen LogP contribution in [0.2, 0.25) is 0 Å². The van der Waals surface area contributed by atoms with Gasteiger partial charge in [-0.2, -0.15) is 0 Å². The summed E-state index contributed by atoms with van der Waals surface area (Å²) in [6, 6.07) is 0.517. The van der Waals surface area contributed by atoms with Gasteiger partial charge in [0.1, 0.15) is 6.33 Å². The van der Waals surface area contributed by atoms with Crippen LogP contribution in [0.3, 0.4) is 0 Å². The van der Waals surface area contributed by atoms with Crippen molar-refractivity contribution in [1.29, 1.82) is 0 Å². The Hall–Kier alpha value is -1.12. The Morgan fingerprint density at radius 2 is 2.44 bits per heavy atom. The van der Waals surface area contributed by atoms with Crippen LogP contribution in [0.5, 0.6) is 0 Å². The van der Waals surface area contributed by atoms with Crippen LogP contribution in [0, 0.1) is 0 Å². The molecule has 0 saturated heterocycles. The Kier molecular flexibility index (Phi) is 4.97. The Morgan fingerprint density at radius 3 is 3.17 bits per heavy atom. The highest BCUT2D eigenvalue weighted by molar-refractivity contribution is 7.99. The average molecular weight is 272 g/mol. The molecule has 1 aromatic rings. The van der Waals surface area contributed by atoms with Gasteiger partial charge in [0.05, 0.1) is 19.0 Å². The topological polar surface area (TPSA) is 78.3 Å². The molecule has 7 nitrogen and oxygen atoms in total. The first-order valence-electron chi connectivity index (χ1n) is 5.73. The Bertz CT molecular complexity index is 394. The van der Waals surface area contributed by atoms with E-state index >= 15 is 0 Å². The molecule has 1 amide bonds. The molecule has 1 N–H and O–H groups in total. The second-order valence-electron chi connectivity index (χ2n) is 3.91. The van der Waals surface area contributed by atoms with Crippen molar-refractivity contribution in [3.63, 3.8) is 0 Å². The van der Waals surface area contributed by atoms with Gasteiger partial charge in [0.15, 0.2) is 5.16 Å². The number of hydroxylamine groups is 1. The smallest absolute Gasteiger partial charge is 0.254 e. The van der Waals surface area contributed by atoms with E-state index < -0.39 is 0 Å². The van der Waals surface area contributed by atoms with Crippen molar-refractivity contribution in [3.05, 3.63) is 6.33 Å². The van der Waals surface area contributed by atoms with Crippen LogP contribution in [-0.4, -0.2) is 46.7 Å². The number of carbonyl (C=O) groups excluding carboxylic acids is 1. The van der Waals surface area contributed by atoms with Gasteiger partial charge in [0.2, 0.25) is 0 Å². The lowest BCUT2D eigenvalue weighted by molar-refractivity contribution is -0.131. The lowest BCUT2D eigenvalue weighted by atomic mass is 10.7. The predicted octanol–water partition coefficient (Wildman–Crippen LogP) is 0.399. The lowest BCUT2D eigenvalue weighted by Crippen LogP contribution is -2.27. The number of methoxy groups -OCH3 is 1. The van der Waals surface area contributed by atoms with E-state index in [1.807, 2.05) is 4.57 Å². The highest BCUT2D eigenvalue weighted by atomic mass is 32.2. The summed E-state index contributed by atoms with van der Waals surface area (Å²) in [5.74, 6) is 0.0692. The molecule has 0 unspecified atom stereocenters. The van der Waals surface area contributed by atoms with Crippen molar-refractivity contribution in [2.75, 3.05) is 26.1 Å². The number of ether oxygens (including phenoxy) is 1. The van der Waals surface area contributed by atoms with Gasteiger partial charge in [-0.1, -0.05) is 11.8 Å². The molecule has 1 aliphatic carbocycles. The normalized spacial score (nSPS) is 14.7. The number of carbonyl (C=O) groups is 1. The third-order valence-corrected chi connectivity index (χ3v) is 3.35. The second kappa shape index (κ2) is 6.72. The molecule has 1 heterocycles. The summed E-state index contributed by atoms with van der Waals surface area (Å²) in [5.41, 5.74) is 2.35. The molecule has 100 valence electrons. The second-order valence-corrected chi connectivity index (χ2v) is 4.85. The van der Waals surface area contributed by atoms with Gasteiger partial charge in [0, 0.05) is 13.2 Å². The molecule has 8 heteroatoms. The Labute approximate surface area is 109 Å². The first-order valence-corrected chi connectivity index (χ1v) is 6.71. The molecule has 1 aliphatic rings. The molecule has 0 spiro atoms. The molecule has 0 aromatic carbocycles. The Morgan fingerprint density at radius 1 is 1.61 bits per heavy atom. The van der Waals surface area contributed by atoms with Gasteiger partial charge in [-0.15, -0.1) is 10.2 Å². The first-order chi connectivity index (χ1) is 8.81. The van der Waals surface area contributed by atoms with Crippen molar-refractivity contribution in [2.45, 2.75) is 24.0 Å². The number of thioether (sulfide) groups is 1. The highest BCUT2D eigenvalue weighted by Crippen LogP contribution is 2.37. The van der Waals surface area contributed by atoms with Gasteiger partial charge in [-0.3, -0.25) is 9.63 Å². The zero-order valence-electron chi connectivity index (χ0n) is 10.2. The van der Waals surface area contributed by atoms with Gasteiger partial charge in [-0.25, -0.2) is 5.48 Å². The van der Waals surface area contributed by atoms with Crippen LogP contribution in [0.4, 0.5) is 0 Å². The van der Waals surface area contributed by atoms with Crippen LogP contribution in [0.15, 0.2) is 11.5 Å². The number of hydrogen-bond donors (Lipinski definition) is 1. The minimum atomic E-state index is -0.193. The monoisotopic (exact) mass is 272 g/mol. The quantitative estimate of drug-likeness (QED) is 0.419. The van der Waals surface area contributed by atoms with Crippen molar-refractivity contribution in [2.24, 2.45) is 0 Å². The van der Waals surface area contributed by atoms with Gasteiger partial charge >= 0.3 is 0 Å². The SMILES string of the molecule is COCCONC(=O)CSc1nncn1C1CC1. The van der Waals surface area contributed by atoms with E-state index in [0.29, 0.717) is 19.3 Å². The zero-order chi connectivity index (χ0) is 12.8. The fraction of sp³-hybridized carbons (Fsp3) is 0.700. The zero-order valence-corrected chi connectivity index (χ0v) is 11.0. The third kappa shape index (κ3) is 3.97. The largest absolute Gasteiger partial charge is 0.382 e. The Balaban J connectivity index is 1.67. The maximum atomic E-state index is 11.4. The lowest BCUT2D eigenvalue weighted by Gasteiger charge is -2.05. The van der Waals surface area contributed by atoms with Crippen LogP contribution < -0.4 is 5.48 Å². The maximum Gasteiger partial charge on any atom is 0.254 e. The van der Waals surface area contributed by atoms with Crippen molar-refractivity contribution in [1.82, 2.24) is 20.2 Å². The fourth-order valence-corrected chi connectivity index (χ4v) is 2.12. The number of rotatable bonds is 8. The van der Waals surface area contributed by atoms with Crippen LogP contribution in [0.1, 0.15) is 18.9 Å². The average Bonchev–Trinajstić information content (AvgIpc) is 3.11. The highest BCUT2D eigenvalue weighted by Gasteiger charge is 2.26. The van der Waals surface area contributed by atoms with E-state index in [1.54, 1.807) is 13.4 Å². The molecule has 2 rings (SSSR count). The third-order valence-electron chi connectivity index (χ3n) is 2.39. The number of hydrogen-bond acceptors (Lipinski definition) is 6. The maximum absolute atomic E-state index is 11.4. The van der Waals surface area contributed by atoms with E-state index in [4.69, 9.17) is 9.57 Å². The summed E-state index contributed by atoms with van der Waals surface area (Å²) >= 11 is 1.36. The molecule has 0 atom stereocenters. The van der Waals surface area contributed by atoms with E-state index in [0.717, 1.165) is 18.0 Å². The van der Waals surface area contributed by atoms with Crippen molar-refractivity contribution >= 4 is 17.7 Å². The summed E-state index contributed by atoms with van der Waals surface area (Å²) < 4.78 is 6.81. The summed E-state index contributed by atoms with van der Waals surface area (Å²) in [4.78, 5) is 16.4. The van der Waals surface area contributed by atoms with Crippen molar-refractivity contribution < 1.29 is 14.4 Å². The molecular formula is C10H16N4O3S.